The maximum atomic E-state index is 6.12. The molecule has 1 aliphatic rings. The number of pyridine rings is 1. The average Bonchev–Trinajstić information content (AvgIpc) is 3.04. The van der Waals surface area contributed by atoms with Crippen LogP contribution in [-0.2, 0) is 0 Å². The van der Waals surface area contributed by atoms with Gasteiger partial charge in [-0.1, -0.05) is 38.1 Å². The molecule has 4 nitrogen and oxygen atoms in total. The summed E-state index contributed by atoms with van der Waals surface area (Å²) >= 11 is 0. The van der Waals surface area contributed by atoms with Crippen molar-refractivity contribution in [2.45, 2.75) is 32.6 Å². The van der Waals surface area contributed by atoms with Gasteiger partial charge in [-0.15, -0.1) is 0 Å². The van der Waals surface area contributed by atoms with Crippen molar-refractivity contribution in [1.29, 1.82) is 0 Å². The van der Waals surface area contributed by atoms with Crippen molar-refractivity contribution in [3.63, 3.8) is 0 Å². The van der Waals surface area contributed by atoms with Gasteiger partial charge >= 0.3 is 0 Å². The lowest BCUT2D eigenvalue weighted by Crippen LogP contribution is -2.15. The Labute approximate surface area is 141 Å². The molecular weight excluding hydrogens is 296 g/mol. The fourth-order valence-electron chi connectivity index (χ4n) is 3.46. The Morgan fingerprint density at radius 1 is 1.17 bits per heavy atom. The van der Waals surface area contributed by atoms with Crippen LogP contribution in [0.1, 0.15) is 38.3 Å². The molecule has 1 aromatic carbocycles. The summed E-state index contributed by atoms with van der Waals surface area (Å²) in [6.07, 6.45) is 4.27. The number of hydrogen-bond acceptors (Lipinski definition) is 3. The zero-order chi connectivity index (χ0) is 16.7. The van der Waals surface area contributed by atoms with Crippen LogP contribution in [0, 0.1) is 0 Å². The number of aromatic nitrogens is 2. The minimum atomic E-state index is 0.308. The summed E-state index contributed by atoms with van der Waals surface area (Å²) in [5, 5.41) is 4.77. The number of para-hydroxylation sites is 1. The fourth-order valence-corrected chi connectivity index (χ4v) is 3.46. The largest absolute Gasteiger partial charge is 0.384 e. The van der Waals surface area contributed by atoms with E-state index in [2.05, 4.69) is 59.5 Å². The van der Waals surface area contributed by atoms with Crippen LogP contribution in [0.2, 0.25) is 0 Å². The normalized spacial score (nSPS) is 16.6. The van der Waals surface area contributed by atoms with Gasteiger partial charge in [-0.2, -0.15) is 0 Å². The van der Waals surface area contributed by atoms with E-state index in [1.54, 1.807) is 0 Å². The Kier molecular flexibility index (Phi) is 3.53. The summed E-state index contributed by atoms with van der Waals surface area (Å²) in [7, 11) is 0. The highest BCUT2D eigenvalue weighted by molar-refractivity contribution is 5.90. The average molecular weight is 318 g/mol. The maximum absolute atomic E-state index is 6.12. The predicted molar refractivity (Wildman–Crippen MR) is 101 cm³/mol. The van der Waals surface area contributed by atoms with E-state index in [0.717, 1.165) is 41.0 Å². The first-order valence-electron chi connectivity index (χ1n) is 8.55. The Bertz CT molecular complexity index is 903. The molecule has 3 heterocycles. The third kappa shape index (κ3) is 2.35. The van der Waals surface area contributed by atoms with E-state index >= 15 is 0 Å². The molecule has 0 aliphatic carbocycles. The topological polar surface area (TPSA) is 66.7 Å². The van der Waals surface area contributed by atoms with E-state index in [4.69, 9.17) is 5.73 Å². The van der Waals surface area contributed by atoms with Gasteiger partial charge in [-0.05, 0) is 31.0 Å². The third-order valence-corrected chi connectivity index (χ3v) is 4.75. The van der Waals surface area contributed by atoms with Gasteiger partial charge in [-0.25, -0.2) is 4.98 Å². The van der Waals surface area contributed by atoms with E-state index < -0.39 is 0 Å². The lowest BCUT2D eigenvalue weighted by Gasteiger charge is -2.26. The summed E-state index contributed by atoms with van der Waals surface area (Å²) in [4.78, 5) is 8.14. The van der Waals surface area contributed by atoms with Gasteiger partial charge < -0.3 is 16.0 Å². The highest BCUT2D eigenvalue weighted by Crippen LogP contribution is 2.41. The molecule has 4 heteroatoms. The minimum Gasteiger partial charge on any atom is -0.384 e. The van der Waals surface area contributed by atoms with Gasteiger partial charge in [0.15, 0.2) is 0 Å². The SMILES string of the molecule is CCC1=CC(CC)c2nc(N)cc(-c3cc4ccccc4[nH]3)c2N1. The molecule has 0 amide bonds. The van der Waals surface area contributed by atoms with Crippen LogP contribution >= 0.6 is 0 Å². The molecule has 1 unspecified atom stereocenters. The number of allylic oxidation sites excluding steroid dienone is 2. The second kappa shape index (κ2) is 5.71. The van der Waals surface area contributed by atoms with Crippen LogP contribution in [0.15, 0.2) is 48.2 Å². The molecule has 0 saturated heterocycles. The molecule has 0 spiro atoms. The minimum absolute atomic E-state index is 0.308. The summed E-state index contributed by atoms with van der Waals surface area (Å²) in [5.74, 6) is 0.874. The number of nitrogens with two attached hydrogens (primary N) is 1. The van der Waals surface area contributed by atoms with Gasteiger partial charge in [0.1, 0.15) is 5.82 Å². The summed E-state index contributed by atoms with van der Waals surface area (Å²) in [6.45, 7) is 4.36. The molecule has 24 heavy (non-hydrogen) atoms. The molecule has 1 aliphatic heterocycles. The van der Waals surface area contributed by atoms with Gasteiger partial charge in [0.2, 0.25) is 0 Å². The van der Waals surface area contributed by atoms with Crippen molar-refractivity contribution in [2.24, 2.45) is 0 Å². The smallest absolute Gasteiger partial charge is 0.124 e. The summed E-state index contributed by atoms with van der Waals surface area (Å²) in [6, 6.07) is 12.4. The number of aromatic amines is 1. The molecule has 4 N–H and O–H groups in total. The Hall–Kier alpha value is -2.75. The van der Waals surface area contributed by atoms with Crippen molar-refractivity contribution in [3.05, 3.63) is 53.9 Å². The molecule has 0 saturated carbocycles. The second-order valence-corrected chi connectivity index (χ2v) is 6.31. The second-order valence-electron chi connectivity index (χ2n) is 6.31. The summed E-state index contributed by atoms with van der Waals surface area (Å²) in [5.41, 5.74) is 12.8. The number of nitrogens with one attached hydrogen (secondary N) is 2. The molecule has 2 aromatic heterocycles. The first-order valence-corrected chi connectivity index (χ1v) is 8.55. The molecule has 1 atom stereocenters. The highest BCUT2D eigenvalue weighted by Gasteiger charge is 2.24. The van der Waals surface area contributed by atoms with Crippen LogP contribution in [0.5, 0.6) is 0 Å². The lowest BCUT2D eigenvalue weighted by atomic mass is 9.92. The Balaban J connectivity index is 1.92. The number of nitrogens with zero attached hydrogens (tertiary/aromatic N) is 1. The van der Waals surface area contributed by atoms with E-state index in [9.17, 15) is 0 Å². The zero-order valence-electron chi connectivity index (χ0n) is 14.1. The van der Waals surface area contributed by atoms with Gasteiger partial charge in [0, 0.05) is 33.8 Å². The number of fused-ring (bicyclic) bond motifs is 2. The standard InChI is InChI=1S/C20H22N4/c1-3-12-9-14(4-2)22-20-15(11-18(21)24-19(12)20)17-10-13-7-5-6-8-16(13)23-17/h5-12,22-23H,3-4H2,1-2H3,(H2,21,24). The zero-order valence-corrected chi connectivity index (χ0v) is 14.1. The molecule has 122 valence electrons. The molecule has 0 bridgehead atoms. The number of rotatable bonds is 3. The maximum Gasteiger partial charge on any atom is 0.124 e. The van der Waals surface area contributed by atoms with Crippen LogP contribution in [0.4, 0.5) is 11.5 Å². The van der Waals surface area contributed by atoms with Gasteiger partial charge in [0.25, 0.3) is 0 Å². The Morgan fingerprint density at radius 2 is 2.00 bits per heavy atom. The number of anilines is 2. The lowest BCUT2D eigenvalue weighted by molar-refractivity contribution is 0.757. The van der Waals surface area contributed by atoms with Crippen molar-refractivity contribution >= 4 is 22.4 Å². The number of benzene rings is 1. The first kappa shape index (κ1) is 14.8. The highest BCUT2D eigenvalue weighted by atomic mass is 15.0. The van der Waals surface area contributed by atoms with Crippen LogP contribution in [0.25, 0.3) is 22.2 Å². The number of hydrogen-bond donors (Lipinski definition) is 3. The van der Waals surface area contributed by atoms with Gasteiger partial charge in [0.05, 0.1) is 11.4 Å². The van der Waals surface area contributed by atoms with Crippen molar-refractivity contribution in [1.82, 2.24) is 9.97 Å². The molecular formula is C20H22N4. The number of H-pyrrole nitrogens is 1. The van der Waals surface area contributed by atoms with Crippen LogP contribution in [0.3, 0.4) is 0 Å². The van der Waals surface area contributed by atoms with Crippen molar-refractivity contribution in [2.75, 3.05) is 11.1 Å². The Morgan fingerprint density at radius 3 is 2.75 bits per heavy atom. The molecule has 4 rings (SSSR count). The fraction of sp³-hybridized carbons (Fsp3) is 0.250. The molecule has 0 radical (unpaired) electrons. The van der Waals surface area contributed by atoms with E-state index in [-0.39, 0.29) is 0 Å². The molecule has 0 fully saturated rings. The monoisotopic (exact) mass is 318 g/mol. The van der Waals surface area contributed by atoms with Gasteiger partial charge in [-0.3, -0.25) is 0 Å². The van der Waals surface area contributed by atoms with E-state index in [1.807, 2.05) is 12.1 Å². The predicted octanol–water partition coefficient (Wildman–Crippen LogP) is 5.03. The van der Waals surface area contributed by atoms with E-state index in [1.165, 1.54) is 11.1 Å². The third-order valence-electron chi connectivity index (χ3n) is 4.75. The summed E-state index contributed by atoms with van der Waals surface area (Å²) < 4.78 is 0. The van der Waals surface area contributed by atoms with Crippen LogP contribution in [-0.4, -0.2) is 9.97 Å². The molecule has 3 aromatic rings. The first-order chi connectivity index (χ1) is 11.7. The number of nitrogen functional groups attached to an aromatic ring is 1. The van der Waals surface area contributed by atoms with Crippen molar-refractivity contribution in [3.8, 4) is 11.3 Å². The van der Waals surface area contributed by atoms with Crippen molar-refractivity contribution < 1.29 is 0 Å². The quantitative estimate of drug-likeness (QED) is 0.635. The van der Waals surface area contributed by atoms with E-state index in [0.29, 0.717) is 11.7 Å². The van der Waals surface area contributed by atoms with Crippen LogP contribution < -0.4 is 11.1 Å².